The van der Waals surface area contributed by atoms with Crippen LogP contribution in [-0.2, 0) is 11.4 Å². The number of para-hydroxylation sites is 1. The Hall–Kier alpha value is -2.60. The molecule has 2 aromatic carbocycles. The Morgan fingerprint density at radius 3 is 2.84 bits per heavy atom. The number of ether oxygens (including phenoxy) is 1. The van der Waals surface area contributed by atoms with Crippen LogP contribution < -0.4 is 15.0 Å². The van der Waals surface area contributed by atoms with Crippen molar-refractivity contribution in [3.8, 4) is 5.75 Å². The fourth-order valence-electron chi connectivity index (χ4n) is 3.01. The summed E-state index contributed by atoms with van der Waals surface area (Å²) in [5, 5.41) is 12.7. The molecule has 25 heavy (non-hydrogen) atoms. The molecule has 0 aliphatic carbocycles. The molecule has 0 aromatic heterocycles. The number of nitrogens with zero attached hydrogens (tertiary/aromatic N) is 1. The van der Waals surface area contributed by atoms with Crippen molar-refractivity contribution in [1.82, 2.24) is 0 Å². The molecule has 6 heteroatoms. The van der Waals surface area contributed by atoms with Crippen molar-refractivity contribution in [2.45, 2.75) is 26.0 Å². The zero-order valence-corrected chi connectivity index (χ0v) is 14.0. The molecule has 1 atom stereocenters. The molecule has 1 aliphatic heterocycles. The van der Waals surface area contributed by atoms with Crippen LogP contribution in [0.5, 0.6) is 5.75 Å². The van der Waals surface area contributed by atoms with Crippen LogP contribution in [0.25, 0.3) is 0 Å². The standard InChI is InChI=1S/C19H21FN2O3/c1-2-25-18-8-7-14(11-13(18)12-23)21-16-9-10-22(19(16)24)17-6-4-3-5-15(17)20/h3-8,11,16,21,23H,2,9-10,12H2,1H3. The molecule has 0 saturated carbocycles. The molecule has 5 nitrogen and oxygen atoms in total. The summed E-state index contributed by atoms with van der Waals surface area (Å²) in [6, 6.07) is 11.2. The Balaban J connectivity index is 1.74. The fraction of sp³-hybridized carbons (Fsp3) is 0.316. The van der Waals surface area contributed by atoms with Crippen molar-refractivity contribution >= 4 is 17.3 Å². The first-order chi connectivity index (χ1) is 12.1. The number of anilines is 2. The summed E-state index contributed by atoms with van der Waals surface area (Å²) in [5.74, 6) is 0.0611. The number of aliphatic hydroxyl groups is 1. The van der Waals surface area contributed by atoms with E-state index in [0.29, 0.717) is 36.6 Å². The van der Waals surface area contributed by atoms with Crippen molar-refractivity contribution in [3.05, 3.63) is 53.8 Å². The van der Waals surface area contributed by atoms with E-state index < -0.39 is 11.9 Å². The predicted octanol–water partition coefficient (Wildman–Crippen LogP) is 2.93. The molecule has 1 fully saturated rings. The minimum absolute atomic E-state index is 0.148. The van der Waals surface area contributed by atoms with E-state index in [1.807, 2.05) is 13.0 Å². The normalized spacial score (nSPS) is 17.0. The summed E-state index contributed by atoms with van der Waals surface area (Å²) in [5.41, 5.74) is 1.68. The zero-order valence-electron chi connectivity index (χ0n) is 14.0. The summed E-state index contributed by atoms with van der Waals surface area (Å²) in [6.07, 6.45) is 0.578. The first kappa shape index (κ1) is 17.2. The van der Waals surface area contributed by atoms with Crippen molar-refractivity contribution in [2.75, 3.05) is 23.4 Å². The smallest absolute Gasteiger partial charge is 0.249 e. The van der Waals surface area contributed by atoms with Crippen LogP contribution >= 0.6 is 0 Å². The monoisotopic (exact) mass is 344 g/mol. The maximum atomic E-state index is 13.9. The quantitative estimate of drug-likeness (QED) is 0.846. The van der Waals surface area contributed by atoms with Gasteiger partial charge in [-0.15, -0.1) is 0 Å². The second-order valence-corrected chi connectivity index (χ2v) is 5.84. The third-order valence-corrected chi connectivity index (χ3v) is 4.22. The molecule has 1 heterocycles. The SMILES string of the molecule is CCOc1ccc(NC2CCN(c3ccccc3F)C2=O)cc1CO. The minimum Gasteiger partial charge on any atom is -0.494 e. The Labute approximate surface area is 146 Å². The van der Waals surface area contributed by atoms with Crippen LogP contribution in [0.15, 0.2) is 42.5 Å². The maximum Gasteiger partial charge on any atom is 0.249 e. The number of hydrogen-bond donors (Lipinski definition) is 2. The number of aliphatic hydroxyl groups excluding tert-OH is 1. The van der Waals surface area contributed by atoms with E-state index in [1.54, 1.807) is 30.3 Å². The van der Waals surface area contributed by atoms with Crippen molar-refractivity contribution < 1.29 is 19.0 Å². The van der Waals surface area contributed by atoms with Gasteiger partial charge in [-0.05, 0) is 43.7 Å². The van der Waals surface area contributed by atoms with Gasteiger partial charge in [0.2, 0.25) is 5.91 Å². The highest BCUT2D eigenvalue weighted by Gasteiger charge is 2.33. The van der Waals surface area contributed by atoms with Crippen molar-refractivity contribution in [2.24, 2.45) is 0 Å². The fourth-order valence-corrected chi connectivity index (χ4v) is 3.01. The number of hydrogen-bond acceptors (Lipinski definition) is 4. The first-order valence-electron chi connectivity index (χ1n) is 8.33. The van der Waals surface area contributed by atoms with Gasteiger partial charge in [0, 0.05) is 17.8 Å². The van der Waals surface area contributed by atoms with Gasteiger partial charge in [0.05, 0.1) is 18.9 Å². The van der Waals surface area contributed by atoms with Gasteiger partial charge in [-0.3, -0.25) is 4.79 Å². The van der Waals surface area contributed by atoms with Gasteiger partial charge < -0.3 is 20.1 Å². The minimum atomic E-state index is -0.427. The lowest BCUT2D eigenvalue weighted by atomic mass is 10.1. The number of benzene rings is 2. The van der Waals surface area contributed by atoms with E-state index >= 15 is 0 Å². The highest BCUT2D eigenvalue weighted by Crippen LogP contribution is 2.28. The molecule has 2 N–H and O–H groups in total. The lowest BCUT2D eigenvalue weighted by Crippen LogP contribution is -2.33. The Bertz CT molecular complexity index is 766. The number of rotatable bonds is 6. The second kappa shape index (κ2) is 7.53. The molecule has 0 bridgehead atoms. The molecule has 1 unspecified atom stereocenters. The van der Waals surface area contributed by atoms with Crippen LogP contribution in [0.4, 0.5) is 15.8 Å². The summed E-state index contributed by atoms with van der Waals surface area (Å²) in [7, 11) is 0. The molecule has 0 spiro atoms. The van der Waals surface area contributed by atoms with Crippen LogP contribution in [0.2, 0.25) is 0 Å². The highest BCUT2D eigenvalue weighted by atomic mass is 19.1. The van der Waals surface area contributed by atoms with E-state index in [2.05, 4.69) is 5.32 Å². The molecule has 1 amide bonds. The van der Waals surface area contributed by atoms with Crippen molar-refractivity contribution in [1.29, 1.82) is 0 Å². The molecular formula is C19H21FN2O3. The van der Waals surface area contributed by atoms with E-state index in [0.717, 1.165) is 5.69 Å². The van der Waals surface area contributed by atoms with Gasteiger partial charge in [0.25, 0.3) is 0 Å². The number of carbonyl (C=O) groups excluding carboxylic acids is 1. The molecule has 1 saturated heterocycles. The number of carbonyl (C=O) groups is 1. The van der Waals surface area contributed by atoms with E-state index in [4.69, 9.17) is 4.74 Å². The van der Waals surface area contributed by atoms with Gasteiger partial charge in [-0.1, -0.05) is 12.1 Å². The topological polar surface area (TPSA) is 61.8 Å². The number of nitrogens with one attached hydrogen (secondary N) is 1. The van der Waals surface area contributed by atoms with Crippen LogP contribution in [0, 0.1) is 5.82 Å². The van der Waals surface area contributed by atoms with Gasteiger partial charge >= 0.3 is 0 Å². The van der Waals surface area contributed by atoms with Crippen LogP contribution in [-0.4, -0.2) is 30.2 Å². The van der Waals surface area contributed by atoms with Gasteiger partial charge in [-0.25, -0.2) is 4.39 Å². The molecule has 132 valence electrons. The molecule has 3 rings (SSSR count). The van der Waals surface area contributed by atoms with Gasteiger partial charge in [-0.2, -0.15) is 0 Å². The summed E-state index contributed by atoms with van der Waals surface area (Å²) in [4.78, 5) is 14.1. The Morgan fingerprint density at radius 2 is 2.12 bits per heavy atom. The van der Waals surface area contributed by atoms with E-state index in [-0.39, 0.29) is 12.5 Å². The third-order valence-electron chi connectivity index (χ3n) is 4.22. The lowest BCUT2D eigenvalue weighted by Gasteiger charge is -2.19. The van der Waals surface area contributed by atoms with Crippen LogP contribution in [0.1, 0.15) is 18.9 Å². The first-order valence-corrected chi connectivity index (χ1v) is 8.33. The Morgan fingerprint density at radius 1 is 1.32 bits per heavy atom. The summed E-state index contributed by atoms with van der Waals surface area (Å²) in [6.45, 7) is 2.70. The average molecular weight is 344 g/mol. The van der Waals surface area contributed by atoms with E-state index in [1.165, 1.54) is 11.0 Å². The number of amides is 1. The molecule has 2 aromatic rings. The average Bonchev–Trinajstić information content (AvgIpc) is 2.97. The number of halogens is 1. The summed E-state index contributed by atoms with van der Waals surface area (Å²) >= 11 is 0. The maximum absolute atomic E-state index is 13.9. The van der Waals surface area contributed by atoms with Crippen LogP contribution in [0.3, 0.4) is 0 Å². The predicted molar refractivity (Wildman–Crippen MR) is 94.3 cm³/mol. The largest absolute Gasteiger partial charge is 0.494 e. The third kappa shape index (κ3) is 3.58. The van der Waals surface area contributed by atoms with Gasteiger partial charge in [0.15, 0.2) is 0 Å². The second-order valence-electron chi connectivity index (χ2n) is 5.84. The summed E-state index contributed by atoms with van der Waals surface area (Å²) < 4.78 is 19.4. The van der Waals surface area contributed by atoms with Gasteiger partial charge in [0.1, 0.15) is 17.6 Å². The lowest BCUT2D eigenvalue weighted by molar-refractivity contribution is -0.117. The zero-order chi connectivity index (χ0) is 17.8. The molecule has 1 aliphatic rings. The van der Waals surface area contributed by atoms with E-state index in [9.17, 15) is 14.3 Å². The Kier molecular flexibility index (Phi) is 5.19. The highest BCUT2D eigenvalue weighted by molar-refractivity contribution is 6.01. The van der Waals surface area contributed by atoms with Crippen molar-refractivity contribution in [3.63, 3.8) is 0 Å². The molecule has 0 radical (unpaired) electrons. The molecular weight excluding hydrogens is 323 g/mol.